The van der Waals surface area contributed by atoms with E-state index in [9.17, 15) is 4.79 Å². The van der Waals surface area contributed by atoms with Gasteiger partial charge in [-0.25, -0.2) is 0 Å². The molecule has 0 radical (unpaired) electrons. The third-order valence-electron chi connectivity index (χ3n) is 4.62. The van der Waals surface area contributed by atoms with Crippen molar-refractivity contribution in [1.29, 1.82) is 0 Å². The van der Waals surface area contributed by atoms with E-state index in [1.807, 2.05) is 6.08 Å². The summed E-state index contributed by atoms with van der Waals surface area (Å²) in [6, 6.07) is 15.1. The molecule has 3 heteroatoms. The van der Waals surface area contributed by atoms with Crippen molar-refractivity contribution in [2.45, 2.75) is 31.8 Å². The maximum Gasteiger partial charge on any atom is 0.223 e. The zero-order valence-electron chi connectivity index (χ0n) is 13.5. The van der Waals surface area contributed by atoms with Crippen LogP contribution in [0.4, 0.5) is 0 Å². The Morgan fingerprint density at radius 3 is 2.91 bits per heavy atom. The van der Waals surface area contributed by atoms with Crippen molar-refractivity contribution in [3.05, 3.63) is 60.7 Å². The van der Waals surface area contributed by atoms with Crippen molar-refractivity contribution < 1.29 is 4.79 Å². The Morgan fingerprint density at radius 1 is 1.22 bits per heavy atom. The third kappa shape index (κ3) is 3.62. The highest BCUT2D eigenvalue weighted by atomic mass is 16.2. The first-order valence-electron chi connectivity index (χ1n) is 8.37. The Morgan fingerprint density at radius 2 is 2.04 bits per heavy atom. The van der Waals surface area contributed by atoms with Gasteiger partial charge in [-0.3, -0.25) is 4.79 Å². The van der Waals surface area contributed by atoms with E-state index < -0.39 is 0 Å². The first kappa shape index (κ1) is 15.8. The van der Waals surface area contributed by atoms with Gasteiger partial charge in [-0.2, -0.15) is 0 Å². The SMILES string of the molecule is C=CCNCCC1CCC(=O)N1Cc1cccc2ccccc12. The Balaban J connectivity index is 1.73. The molecule has 1 unspecified atom stereocenters. The number of carbonyl (C=O) groups is 1. The number of benzene rings is 2. The summed E-state index contributed by atoms with van der Waals surface area (Å²) in [6.45, 7) is 6.18. The van der Waals surface area contributed by atoms with Gasteiger partial charge in [0.25, 0.3) is 0 Å². The number of fused-ring (bicyclic) bond motifs is 1. The normalized spacial score (nSPS) is 17.8. The van der Waals surface area contributed by atoms with Gasteiger partial charge in [0.1, 0.15) is 0 Å². The Kier molecular flexibility index (Phi) is 5.09. The number of hydrogen-bond donors (Lipinski definition) is 1. The van der Waals surface area contributed by atoms with E-state index >= 15 is 0 Å². The summed E-state index contributed by atoms with van der Waals surface area (Å²) in [6.07, 6.45) is 4.52. The molecule has 0 aromatic heterocycles. The van der Waals surface area contributed by atoms with E-state index in [4.69, 9.17) is 0 Å². The van der Waals surface area contributed by atoms with Crippen LogP contribution in [0, 0.1) is 0 Å². The molecular formula is C20H24N2O. The zero-order valence-corrected chi connectivity index (χ0v) is 13.5. The van der Waals surface area contributed by atoms with E-state index in [0.29, 0.717) is 19.0 Å². The summed E-state index contributed by atoms with van der Waals surface area (Å²) in [7, 11) is 0. The molecule has 0 saturated carbocycles. The highest BCUT2D eigenvalue weighted by Crippen LogP contribution is 2.26. The van der Waals surface area contributed by atoms with Crippen LogP contribution in [0.3, 0.4) is 0 Å². The van der Waals surface area contributed by atoms with Crippen LogP contribution >= 0.6 is 0 Å². The molecule has 1 heterocycles. The van der Waals surface area contributed by atoms with E-state index in [-0.39, 0.29) is 5.91 Å². The monoisotopic (exact) mass is 308 g/mol. The van der Waals surface area contributed by atoms with Crippen molar-refractivity contribution in [3.8, 4) is 0 Å². The van der Waals surface area contributed by atoms with Gasteiger partial charge in [0, 0.05) is 25.6 Å². The summed E-state index contributed by atoms with van der Waals surface area (Å²) in [5.74, 6) is 0.284. The lowest BCUT2D eigenvalue weighted by Gasteiger charge is -2.25. The first-order valence-corrected chi connectivity index (χ1v) is 8.37. The van der Waals surface area contributed by atoms with Crippen molar-refractivity contribution in [2.24, 2.45) is 0 Å². The largest absolute Gasteiger partial charge is 0.335 e. The Bertz CT molecular complexity index is 690. The fourth-order valence-corrected chi connectivity index (χ4v) is 3.40. The van der Waals surface area contributed by atoms with Crippen molar-refractivity contribution in [3.63, 3.8) is 0 Å². The van der Waals surface area contributed by atoms with E-state index in [0.717, 1.165) is 25.9 Å². The van der Waals surface area contributed by atoms with Crippen LogP contribution in [0.25, 0.3) is 10.8 Å². The fourth-order valence-electron chi connectivity index (χ4n) is 3.40. The number of amides is 1. The smallest absolute Gasteiger partial charge is 0.223 e. The highest BCUT2D eigenvalue weighted by molar-refractivity contribution is 5.86. The van der Waals surface area contributed by atoms with E-state index in [2.05, 4.69) is 59.3 Å². The van der Waals surface area contributed by atoms with Crippen molar-refractivity contribution in [2.75, 3.05) is 13.1 Å². The molecule has 1 aliphatic heterocycles. The lowest BCUT2D eigenvalue weighted by Crippen LogP contribution is -2.34. The van der Waals surface area contributed by atoms with E-state index in [1.54, 1.807) is 0 Å². The molecular weight excluding hydrogens is 284 g/mol. The van der Waals surface area contributed by atoms with Gasteiger partial charge in [-0.1, -0.05) is 48.5 Å². The average molecular weight is 308 g/mol. The predicted molar refractivity (Wildman–Crippen MR) is 95.2 cm³/mol. The molecule has 2 aromatic rings. The molecule has 1 aliphatic rings. The van der Waals surface area contributed by atoms with Crippen LogP contribution in [0.15, 0.2) is 55.1 Å². The number of nitrogens with one attached hydrogen (secondary N) is 1. The van der Waals surface area contributed by atoms with Gasteiger partial charge >= 0.3 is 0 Å². The molecule has 120 valence electrons. The summed E-state index contributed by atoms with van der Waals surface area (Å²) in [4.78, 5) is 14.4. The molecule has 1 atom stereocenters. The van der Waals surface area contributed by atoms with Crippen molar-refractivity contribution >= 4 is 16.7 Å². The maximum absolute atomic E-state index is 12.3. The number of carbonyl (C=O) groups excluding carboxylic acids is 1. The highest BCUT2D eigenvalue weighted by Gasteiger charge is 2.30. The molecule has 2 aromatic carbocycles. The molecule has 1 amide bonds. The minimum atomic E-state index is 0.284. The summed E-state index contributed by atoms with van der Waals surface area (Å²) in [5, 5.41) is 5.82. The number of likely N-dealkylation sites (tertiary alicyclic amines) is 1. The molecule has 1 N–H and O–H groups in total. The second-order valence-electron chi connectivity index (χ2n) is 6.13. The van der Waals surface area contributed by atoms with Gasteiger partial charge in [-0.05, 0) is 35.7 Å². The fraction of sp³-hybridized carbons (Fsp3) is 0.350. The zero-order chi connectivity index (χ0) is 16.1. The van der Waals surface area contributed by atoms with Crippen molar-refractivity contribution in [1.82, 2.24) is 10.2 Å². The number of rotatable bonds is 7. The topological polar surface area (TPSA) is 32.3 Å². The first-order chi connectivity index (χ1) is 11.3. The average Bonchev–Trinajstić information content (AvgIpc) is 2.92. The lowest BCUT2D eigenvalue weighted by molar-refractivity contribution is -0.129. The van der Waals surface area contributed by atoms with Crippen LogP contribution in [-0.4, -0.2) is 29.9 Å². The van der Waals surface area contributed by atoms with Gasteiger partial charge < -0.3 is 10.2 Å². The lowest BCUT2D eigenvalue weighted by atomic mass is 10.0. The molecule has 0 aliphatic carbocycles. The molecule has 0 spiro atoms. The summed E-state index contributed by atoms with van der Waals surface area (Å²) >= 11 is 0. The minimum Gasteiger partial charge on any atom is -0.335 e. The van der Waals surface area contributed by atoms with Gasteiger partial charge in [0.05, 0.1) is 0 Å². The Labute approximate surface area is 138 Å². The molecule has 23 heavy (non-hydrogen) atoms. The quantitative estimate of drug-likeness (QED) is 0.627. The van der Waals surface area contributed by atoms with Crippen LogP contribution in [0.5, 0.6) is 0 Å². The van der Waals surface area contributed by atoms with Gasteiger partial charge in [0.15, 0.2) is 0 Å². The van der Waals surface area contributed by atoms with Crippen LogP contribution < -0.4 is 5.32 Å². The second kappa shape index (κ2) is 7.42. The standard InChI is InChI=1S/C20H24N2O/c1-2-13-21-14-12-18-10-11-20(23)22(18)15-17-8-5-7-16-6-3-4-9-19(16)17/h2-9,18,21H,1,10-15H2. The second-order valence-corrected chi connectivity index (χ2v) is 6.13. The Hall–Kier alpha value is -2.13. The predicted octanol–water partition coefficient (Wildman–Crippen LogP) is 3.50. The molecule has 0 bridgehead atoms. The molecule has 1 saturated heterocycles. The van der Waals surface area contributed by atoms with Gasteiger partial charge in [-0.15, -0.1) is 6.58 Å². The van der Waals surface area contributed by atoms with Crippen LogP contribution in [0.2, 0.25) is 0 Å². The molecule has 1 fully saturated rings. The maximum atomic E-state index is 12.3. The number of nitrogens with zero attached hydrogens (tertiary/aromatic N) is 1. The summed E-state index contributed by atoms with van der Waals surface area (Å²) < 4.78 is 0. The molecule has 3 nitrogen and oxygen atoms in total. The number of hydrogen-bond acceptors (Lipinski definition) is 2. The van der Waals surface area contributed by atoms with Gasteiger partial charge in [0.2, 0.25) is 5.91 Å². The summed E-state index contributed by atoms with van der Waals surface area (Å²) in [5.41, 5.74) is 1.24. The third-order valence-corrected chi connectivity index (χ3v) is 4.62. The molecule has 3 rings (SSSR count). The minimum absolute atomic E-state index is 0.284. The van der Waals surface area contributed by atoms with Crippen LogP contribution in [-0.2, 0) is 11.3 Å². The van der Waals surface area contributed by atoms with E-state index in [1.165, 1.54) is 16.3 Å². The van der Waals surface area contributed by atoms with Crippen LogP contribution in [0.1, 0.15) is 24.8 Å².